The minimum atomic E-state index is -4.35. The lowest BCUT2D eigenvalue weighted by Gasteiger charge is -2.16. The Kier molecular flexibility index (Phi) is 4.74. The second-order valence-electron chi connectivity index (χ2n) is 3.63. The summed E-state index contributed by atoms with van der Waals surface area (Å²) in [5.41, 5.74) is -0.747. The van der Waals surface area contributed by atoms with Crippen LogP contribution in [-0.2, 0) is 10.9 Å². The van der Waals surface area contributed by atoms with Gasteiger partial charge in [0, 0.05) is 13.3 Å². The lowest BCUT2D eigenvalue weighted by molar-refractivity contribution is -0.137. The third kappa shape index (κ3) is 4.22. The molecule has 0 bridgehead atoms. The van der Waals surface area contributed by atoms with Crippen LogP contribution in [0, 0.1) is 0 Å². The fourth-order valence-electron chi connectivity index (χ4n) is 1.32. The molecule has 0 aromatic carbocycles. The van der Waals surface area contributed by atoms with Crippen molar-refractivity contribution in [3.8, 4) is 0 Å². The molecule has 0 aliphatic carbocycles. The van der Waals surface area contributed by atoms with Crippen LogP contribution in [0.15, 0.2) is 18.3 Å². The van der Waals surface area contributed by atoms with Crippen LogP contribution in [0.4, 0.5) is 19.0 Å². The van der Waals surface area contributed by atoms with Crippen molar-refractivity contribution in [3.63, 3.8) is 0 Å². The van der Waals surface area contributed by atoms with Crippen LogP contribution in [0.25, 0.3) is 0 Å². The lowest BCUT2D eigenvalue weighted by atomic mass is 10.2. The summed E-state index contributed by atoms with van der Waals surface area (Å²) in [6, 6.07) is 2.37. The first-order valence-corrected chi connectivity index (χ1v) is 5.26. The summed E-state index contributed by atoms with van der Waals surface area (Å²) in [6.45, 7) is 2.44. The highest BCUT2D eigenvalue weighted by Crippen LogP contribution is 2.28. The van der Waals surface area contributed by atoms with Gasteiger partial charge in [0.15, 0.2) is 0 Å². The Balaban J connectivity index is 2.68. The van der Waals surface area contributed by atoms with E-state index in [0.717, 1.165) is 18.7 Å². The number of nitrogens with one attached hydrogen (secondary N) is 1. The number of halogens is 3. The van der Waals surface area contributed by atoms with E-state index in [2.05, 4.69) is 10.3 Å². The molecule has 1 atom stereocenters. The summed E-state index contributed by atoms with van der Waals surface area (Å²) in [4.78, 5) is 3.73. The Morgan fingerprint density at radius 2 is 2.12 bits per heavy atom. The van der Waals surface area contributed by atoms with Crippen molar-refractivity contribution in [2.45, 2.75) is 25.6 Å². The number of rotatable bonds is 5. The SMILES string of the molecule is CCC(COC)Nc1ccc(C(F)(F)F)cn1. The fourth-order valence-corrected chi connectivity index (χ4v) is 1.32. The number of hydrogen-bond acceptors (Lipinski definition) is 3. The highest BCUT2D eigenvalue weighted by molar-refractivity contribution is 5.37. The van der Waals surface area contributed by atoms with E-state index in [0.29, 0.717) is 12.4 Å². The molecule has 1 aromatic heterocycles. The second kappa shape index (κ2) is 5.86. The number of hydrogen-bond donors (Lipinski definition) is 1. The van der Waals surface area contributed by atoms with E-state index in [1.165, 1.54) is 6.07 Å². The Morgan fingerprint density at radius 1 is 1.41 bits per heavy atom. The number of pyridine rings is 1. The maximum Gasteiger partial charge on any atom is 0.417 e. The predicted molar refractivity (Wildman–Crippen MR) is 58.8 cm³/mol. The van der Waals surface area contributed by atoms with Crippen molar-refractivity contribution < 1.29 is 17.9 Å². The van der Waals surface area contributed by atoms with E-state index in [1.807, 2.05) is 6.92 Å². The zero-order valence-corrected chi connectivity index (χ0v) is 9.71. The first kappa shape index (κ1) is 13.8. The van der Waals surface area contributed by atoms with Gasteiger partial charge in [0.2, 0.25) is 0 Å². The first-order valence-electron chi connectivity index (χ1n) is 5.26. The molecule has 0 aliphatic heterocycles. The molecule has 0 amide bonds. The molecule has 1 N–H and O–H groups in total. The molecule has 1 unspecified atom stereocenters. The summed E-state index contributed by atoms with van der Waals surface area (Å²) in [5, 5.41) is 3.00. The quantitative estimate of drug-likeness (QED) is 0.869. The Morgan fingerprint density at radius 3 is 2.53 bits per heavy atom. The Hall–Kier alpha value is -1.30. The van der Waals surface area contributed by atoms with E-state index < -0.39 is 11.7 Å². The summed E-state index contributed by atoms with van der Waals surface area (Å²) in [6.07, 6.45) is -2.72. The summed E-state index contributed by atoms with van der Waals surface area (Å²) < 4.78 is 41.8. The summed E-state index contributed by atoms with van der Waals surface area (Å²) >= 11 is 0. The van der Waals surface area contributed by atoms with E-state index >= 15 is 0 Å². The summed E-state index contributed by atoms with van der Waals surface area (Å²) in [5.74, 6) is 0.418. The van der Waals surface area contributed by atoms with Crippen molar-refractivity contribution in [1.29, 1.82) is 0 Å². The number of ether oxygens (including phenoxy) is 1. The highest BCUT2D eigenvalue weighted by Gasteiger charge is 2.30. The number of nitrogens with zero attached hydrogens (tertiary/aromatic N) is 1. The third-order valence-electron chi connectivity index (χ3n) is 2.30. The predicted octanol–water partition coefficient (Wildman–Crippen LogP) is 2.94. The van der Waals surface area contributed by atoms with Gasteiger partial charge in [-0.3, -0.25) is 0 Å². The Bertz CT molecular complexity index is 338. The molecule has 1 rings (SSSR count). The van der Waals surface area contributed by atoms with Gasteiger partial charge in [-0.15, -0.1) is 0 Å². The van der Waals surface area contributed by atoms with Crippen molar-refractivity contribution in [2.75, 3.05) is 19.0 Å². The lowest BCUT2D eigenvalue weighted by Crippen LogP contribution is -2.24. The zero-order chi connectivity index (χ0) is 12.9. The molecule has 6 heteroatoms. The molecule has 0 radical (unpaired) electrons. The van der Waals surface area contributed by atoms with Gasteiger partial charge in [0.1, 0.15) is 5.82 Å². The number of aromatic nitrogens is 1. The van der Waals surface area contributed by atoms with Gasteiger partial charge >= 0.3 is 6.18 Å². The van der Waals surface area contributed by atoms with E-state index in [4.69, 9.17) is 4.74 Å². The van der Waals surface area contributed by atoms with Gasteiger partial charge < -0.3 is 10.1 Å². The molecule has 0 aliphatic rings. The number of alkyl halides is 3. The van der Waals surface area contributed by atoms with Crippen molar-refractivity contribution >= 4 is 5.82 Å². The molecule has 1 aromatic rings. The van der Waals surface area contributed by atoms with Crippen LogP contribution < -0.4 is 5.32 Å². The maximum atomic E-state index is 12.3. The maximum absolute atomic E-state index is 12.3. The minimum absolute atomic E-state index is 0.0456. The van der Waals surface area contributed by atoms with Gasteiger partial charge in [-0.1, -0.05) is 6.92 Å². The molecule has 3 nitrogen and oxygen atoms in total. The Labute approximate surface area is 98.0 Å². The second-order valence-corrected chi connectivity index (χ2v) is 3.63. The molecular weight excluding hydrogens is 233 g/mol. The van der Waals surface area contributed by atoms with Crippen LogP contribution in [0.5, 0.6) is 0 Å². The van der Waals surface area contributed by atoms with Crippen LogP contribution >= 0.6 is 0 Å². The van der Waals surface area contributed by atoms with Crippen molar-refractivity contribution in [2.24, 2.45) is 0 Å². The average molecular weight is 248 g/mol. The van der Waals surface area contributed by atoms with Gasteiger partial charge in [-0.25, -0.2) is 4.98 Å². The van der Waals surface area contributed by atoms with Gasteiger partial charge in [0.25, 0.3) is 0 Å². The monoisotopic (exact) mass is 248 g/mol. The largest absolute Gasteiger partial charge is 0.417 e. The third-order valence-corrected chi connectivity index (χ3v) is 2.30. The number of anilines is 1. The molecule has 0 spiro atoms. The van der Waals surface area contributed by atoms with Gasteiger partial charge in [0.05, 0.1) is 18.2 Å². The highest BCUT2D eigenvalue weighted by atomic mass is 19.4. The topological polar surface area (TPSA) is 34.1 Å². The van der Waals surface area contributed by atoms with E-state index in [9.17, 15) is 13.2 Å². The van der Waals surface area contributed by atoms with E-state index in [1.54, 1.807) is 7.11 Å². The van der Waals surface area contributed by atoms with Crippen molar-refractivity contribution in [1.82, 2.24) is 4.98 Å². The van der Waals surface area contributed by atoms with E-state index in [-0.39, 0.29) is 6.04 Å². The molecule has 96 valence electrons. The zero-order valence-electron chi connectivity index (χ0n) is 9.71. The summed E-state index contributed by atoms with van der Waals surface area (Å²) in [7, 11) is 1.57. The molecule has 17 heavy (non-hydrogen) atoms. The molecule has 0 saturated carbocycles. The fraction of sp³-hybridized carbons (Fsp3) is 0.545. The smallest absolute Gasteiger partial charge is 0.383 e. The number of methoxy groups -OCH3 is 1. The van der Waals surface area contributed by atoms with Crippen LogP contribution in [0.1, 0.15) is 18.9 Å². The first-order chi connectivity index (χ1) is 7.97. The normalized spacial score (nSPS) is 13.5. The standard InChI is InChI=1S/C11H15F3N2O/c1-3-9(7-17-2)16-10-5-4-8(6-15-10)11(12,13)14/h4-6,9H,3,7H2,1-2H3,(H,15,16). The van der Waals surface area contributed by atoms with Gasteiger partial charge in [-0.2, -0.15) is 13.2 Å². The molecule has 0 saturated heterocycles. The van der Waals surface area contributed by atoms with Crippen LogP contribution in [0.3, 0.4) is 0 Å². The van der Waals surface area contributed by atoms with Crippen LogP contribution in [0.2, 0.25) is 0 Å². The molecular formula is C11H15F3N2O. The molecule has 0 fully saturated rings. The molecule has 1 heterocycles. The van der Waals surface area contributed by atoms with Crippen molar-refractivity contribution in [3.05, 3.63) is 23.9 Å². The average Bonchev–Trinajstić information content (AvgIpc) is 2.28. The van der Waals surface area contributed by atoms with Gasteiger partial charge in [-0.05, 0) is 18.6 Å². The van der Waals surface area contributed by atoms with Crippen LogP contribution in [-0.4, -0.2) is 24.7 Å². The minimum Gasteiger partial charge on any atom is -0.383 e.